The Morgan fingerprint density at radius 1 is 0.472 bits per heavy atom. The van der Waals surface area contributed by atoms with E-state index in [1.165, 1.54) is 71.5 Å². The molecule has 5 aliphatic rings. The third-order valence-corrected chi connectivity index (χ3v) is 20.1. The van der Waals surface area contributed by atoms with Crippen molar-refractivity contribution in [2.45, 2.75) is 109 Å². The van der Waals surface area contributed by atoms with Crippen LogP contribution >= 0.6 is 50.1 Å². The smallest absolute Gasteiger partial charge is 0.340 e. The van der Waals surface area contributed by atoms with Crippen molar-refractivity contribution >= 4 is 121 Å². The van der Waals surface area contributed by atoms with Crippen molar-refractivity contribution in [1.82, 2.24) is 44.9 Å². The van der Waals surface area contributed by atoms with Crippen molar-refractivity contribution in [2.24, 2.45) is 0 Å². The minimum atomic E-state index is -0.772. The average molecular weight is 1970 g/mol. The Morgan fingerprint density at radius 3 is 1.25 bits per heavy atom. The van der Waals surface area contributed by atoms with Crippen LogP contribution < -0.4 is 40.5 Å². The summed E-state index contributed by atoms with van der Waals surface area (Å²) in [7, 11) is 10.5. The van der Waals surface area contributed by atoms with Gasteiger partial charge in [0, 0.05) is 105 Å². The number of carbonyl (C=O) groups excluding carboxylic acids is 9. The molecular formula is C90H95BrClF2IN11O16Pd-. The van der Waals surface area contributed by atoms with E-state index in [9.17, 15) is 51.9 Å². The molecule has 0 bridgehead atoms. The minimum absolute atomic E-state index is 0. The number of anilines is 2. The number of piperidine rings is 2. The number of aromatic nitrogens is 4. The number of rotatable bonds is 19. The largest absolute Gasteiger partial charge is 0.497 e. The number of hydrogen-bond acceptors (Lipinski definition) is 22. The number of allylic oxidation sites excluding steroid dienone is 3. The summed E-state index contributed by atoms with van der Waals surface area (Å²) >= 11 is 11.0. The van der Waals surface area contributed by atoms with Gasteiger partial charge in [-0.25, -0.2) is 38.3 Å². The molecule has 7 heterocycles. The van der Waals surface area contributed by atoms with E-state index in [-0.39, 0.29) is 97.7 Å². The summed E-state index contributed by atoms with van der Waals surface area (Å²) in [6, 6.07) is 46.2. The van der Waals surface area contributed by atoms with E-state index in [2.05, 4.69) is 73.2 Å². The first-order valence-corrected chi connectivity index (χ1v) is 40.3. The third kappa shape index (κ3) is 31.2. The number of alkyl halides is 1. The van der Waals surface area contributed by atoms with Crippen LogP contribution in [0.5, 0.6) is 28.7 Å². The molecule has 0 aliphatic carbocycles. The molecule has 2 saturated heterocycles. The second kappa shape index (κ2) is 51.2. The SMILES string of the molecule is COC(=O)c1ccc(-c2nc(Br)cnc2N)cc1F.COC(=O)c1ccc(-c2nc(C3=CN(Cc4ccc(OC)cc4)C(=O)CC3)cnc2N)cc1F.COc1ccc(CCl)cc1.COc1ccc(CN2C(=O)CCCC2=O)cc1.COc1ccc(CN2C=C(I)CCC2=O)cc1.COc1ccc(CN2C=CCCC2=O)cc1.O=C1CCCC(=O)N1.[CH3-].[Pd]. The first kappa shape index (κ1) is 100.0. The molecule has 5 aliphatic heterocycles. The number of nitrogen functional groups attached to an aromatic ring is 2. The Hall–Kier alpha value is -11.8. The number of hydrogen-bond donors (Lipinski definition) is 3. The first-order valence-electron chi connectivity index (χ1n) is 37.9. The number of nitrogens with one attached hydrogen (secondary N) is 1. The number of methoxy groups -OCH3 is 7. The predicted molar refractivity (Wildman–Crippen MR) is 470 cm³/mol. The maximum Gasteiger partial charge on any atom is 0.340 e. The number of imide groups is 2. The maximum absolute atomic E-state index is 14.5. The molecule has 0 atom stereocenters. The molecule has 9 aromatic rings. The van der Waals surface area contributed by atoms with Gasteiger partial charge in [0.15, 0.2) is 0 Å². The van der Waals surface area contributed by atoms with Gasteiger partial charge in [-0.15, -0.1) is 11.6 Å². The fourth-order valence-corrected chi connectivity index (χ4v) is 13.0. The van der Waals surface area contributed by atoms with Crippen molar-refractivity contribution in [3.63, 3.8) is 0 Å². The monoisotopic (exact) mass is 1970 g/mol. The van der Waals surface area contributed by atoms with E-state index in [1.54, 1.807) is 56.4 Å². The van der Waals surface area contributed by atoms with Gasteiger partial charge in [-0.2, -0.15) is 0 Å². The fourth-order valence-electron chi connectivity index (χ4n) is 11.9. The third-order valence-electron chi connectivity index (χ3n) is 18.6. The van der Waals surface area contributed by atoms with Crippen LogP contribution in [0.4, 0.5) is 20.4 Å². The van der Waals surface area contributed by atoms with Gasteiger partial charge in [0.05, 0.1) is 105 Å². The molecule has 0 unspecified atom stereocenters. The van der Waals surface area contributed by atoms with Crippen LogP contribution in [-0.2, 0) is 95.5 Å². The normalized spacial score (nSPS) is 13.8. The van der Waals surface area contributed by atoms with Crippen LogP contribution in [0.1, 0.15) is 131 Å². The minimum Gasteiger partial charge on any atom is -0.497 e. The number of nitrogens with zero attached hydrogens (tertiary/aromatic N) is 8. The van der Waals surface area contributed by atoms with Crippen LogP contribution in [-0.4, -0.2) is 143 Å². The summed E-state index contributed by atoms with van der Waals surface area (Å²) in [5, 5.41) is 2.20. The summed E-state index contributed by atoms with van der Waals surface area (Å²) in [5.74, 6) is 1.92. The Balaban J connectivity index is 0.000000231. The molecule has 0 spiro atoms. The molecule has 2 fully saturated rings. The van der Waals surface area contributed by atoms with Crippen LogP contribution in [0.15, 0.2) is 203 Å². The van der Waals surface area contributed by atoms with Crippen molar-refractivity contribution in [3.8, 4) is 51.3 Å². The fraction of sp³-hybridized carbons (Fsp3) is 0.267. The zero-order chi connectivity index (χ0) is 87.5. The molecule has 0 saturated carbocycles. The van der Waals surface area contributed by atoms with Gasteiger partial charge >= 0.3 is 11.9 Å². The van der Waals surface area contributed by atoms with Crippen molar-refractivity contribution in [3.05, 3.63) is 267 Å². The molecule has 123 heavy (non-hydrogen) atoms. The van der Waals surface area contributed by atoms with Crippen LogP contribution in [0.2, 0.25) is 0 Å². The zero-order valence-corrected chi connectivity index (χ0v) is 75.0. The van der Waals surface area contributed by atoms with E-state index in [1.807, 2.05) is 140 Å². The average Bonchev–Trinajstić information content (AvgIpc) is 0.793. The molecule has 7 amide bonds. The summed E-state index contributed by atoms with van der Waals surface area (Å²) in [6.45, 7) is 2.04. The maximum atomic E-state index is 14.5. The molecule has 2 aromatic heterocycles. The standard InChI is InChI=1S/C25H23FN4O4.C13H14INO2.C13H15NO3.C13H15NO2.C12H9BrFN3O2.C8H9ClO.C5H7NO2.CH3.Pd/c1-33-18-7-3-15(4-8-18)13-30-14-17(6-10-22(30)31)21-12-28-24(27)23(29-21)16-5-9-19(20(26)11-16)25(32)34-2;1-17-12-5-2-10(3-6-12)8-15-9-11(14)4-7-13(15)16;1-17-11-7-5-10(6-8-11)9-14-12(15)3-2-4-13(14)16;1-16-12-7-5-11(6-8-12)10-14-9-3-2-4-13(14)15;1-19-12(18)7-3-2-6(4-8(7)14)10-11(15)16-5-9(13)17-10;1-10-8-4-2-7(6-9)3-5-8;7-4-2-1-3-5(8)6-4;;/h3-5,7-9,11-12,14H,6,10,13H2,1-2H3,(H2,27,28);2-3,5-6,9H,4,7-8H2,1H3;5-8H,2-4,9H2,1H3;3,5-9H,2,4,10H2,1H3;2-5H,1H3,(H2,15,16);2-5H,6H2,1H3;1-3H2,(H,6,7,8);1H3;/q;;;;;;;-1;. The number of esters is 2. The number of ether oxygens (including phenoxy) is 7. The molecule has 5 N–H and O–H groups in total. The molecular weight excluding hydrogens is 1880 g/mol. The molecule has 0 radical (unpaired) electrons. The van der Waals surface area contributed by atoms with Gasteiger partial charge < -0.3 is 66.8 Å². The summed E-state index contributed by atoms with van der Waals surface area (Å²) in [4.78, 5) is 126. The van der Waals surface area contributed by atoms with Crippen LogP contribution in [0, 0.1) is 19.1 Å². The zero-order valence-electron chi connectivity index (χ0n) is 69.0. The number of halogens is 5. The van der Waals surface area contributed by atoms with Gasteiger partial charge in [-0.1, -0.05) is 78.9 Å². The van der Waals surface area contributed by atoms with Crippen molar-refractivity contribution < 1.29 is 106 Å². The first-order chi connectivity index (χ1) is 58.2. The number of carbonyl (C=O) groups is 9. The topological polar surface area (TPSA) is 347 Å². The van der Waals surface area contributed by atoms with Gasteiger partial charge in [0.25, 0.3) is 0 Å². The Kier molecular flexibility index (Phi) is 41.6. The van der Waals surface area contributed by atoms with E-state index in [0.717, 1.165) is 75.0 Å². The molecule has 33 heteroatoms. The van der Waals surface area contributed by atoms with Crippen LogP contribution in [0.25, 0.3) is 28.1 Å². The second-order valence-electron chi connectivity index (χ2n) is 26.9. The summed E-state index contributed by atoms with van der Waals surface area (Å²) in [5.41, 5.74) is 19.4. The van der Waals surface area contributed by atoms with Crippen molar-refractivity contribution in [2.75, 3.05) is 61.2 Å². The Morgan fingerprint density at radius 2 is 0.854 bits per heavy atom. The van der Waals surface area contributed by atoms with Gasteiger partial charge in [-0.05, 0) is 189 Å². The van der Waals surface area contributed by atoms with E-state index < -0.39 is 23.6 Å². The van der Waals surface area contributed by atoms with Gasteiger partial charge in [-0.3, -0.25) is 43.8 Å². The number of amides is 7. The second-order valence-corrected chi connectivity index (χ2v) is 29.4. The number of likely N-dealkylation sites (tertiary alicyclic amines) is 1. The van der Waals surface area contributed by atoms with E-state index in [0.29, 0.717) is 123 Å². The predicted octanol–water partition coefficient (Wildman–Crippen LogP) is 16.1. The Bertz CT molecular complexity index is 5140. The Labute approximate surface area is 753 Å². The van der Waals surface area contributed by atoms with Gasteiger partial charge in [0.2, 0.25) is 41.4 Å². The van der Waals surface area contributed by atoms with Crippen molar-refractivity contribution in [1.29, 1.82) is 0 Å². The summed E-state index contributed by atoms with van der Waals surface area (Å²) in [6.07, 6.45) is 17.7. The summed E-state index contributed by atoms with van der Waals surface area (Å²) < 4.78 is 64.4. The molecule has 652 valence electrons. The molecule has 7 aromatic carbocycles. The molecule has 14 rings (SSSR count). The van der Waals surface area contributed by atoms with E-state index in [4.69, 9.17) is 46.8 Å². The number of nitrogens with two attached hydrogens (primary N) is 2. The molecule has 27 nitrogen and oxygen atoms in total. The van der Waals surface area contributed by atoms with Crippen LogP contribution in [0.3, 0.4) is 0 Å². The quantitative estimate of drug-likeness (QED) is 0.0169. The van der Waals surface area contributed by atoms with E-state index >= 15 is 0 Å². The number of benzene rings is 7. The van der Waals surface area contributed by atoms with Gasteiger partial charge in [0.1, 0.15) is 68.0 Å².